The minimum absolute atomic E-state index is 0.0703. The number of nitrogens with zero attached hydrogens (tertiary/aromatic N) is 1. The predicted octanol–water partition coefficient (Wildman–Crippen LogP) is 1.50. The first-order valence-corrected chi connectivity index (χ1v) is 5.67. The van der Waals surface area contributed by atoms with Gasteiger partial charge in [-0.05, 0) is 43.6 Å². The van der Waals surface area contributed by atoms with Gasteiger partial charge in [0.05, 0.1) is 5.69 Å². The van der Waals surface area contributed by atoms with Crippen LogP contribution in [-0.4, -0.2) is 25.0 Å². The Bertz CT molecular complexity index is 399. The molecule has 4 N–H and O–H groups in total. The Balaban J connectivity index is 2.29. The number of anilines is 1. The van der Waals surface area contributed by atoms with E-state index in [1.54, 1.807) is 0 Å². The summed E-state index contributed by atoms with van der Waals surface area (Å²) >= 11 is 0. The molecule has 0 bridgehead atoms. The summed E-state index contributed by atoms with van der Waals surface area (Å²) in [4.78, 5) is 2.10. The van der Waals surface area contributed by atoms with E-state index in [1.165, 1.54) is 12.1 Å². The summed E-state index contributed by atoms with van der Waals surface area (Å²) in [6, 6.07) is 2.81. The number of benzene rings is 1. The third-order valence-corrected chi connectivity index (χ3v) is 3.43. The van der Waals surface area contributed by atoms with E-state index in [0.29, 0.717) is 12.5 Å². The fourth-order valence-corrected chi connectivity index (χ4v) is 2.49. The summed E-state index contributed by atoms with van der Waals surface area (Å²) in [6.07, 6.45) is 0.859. The lowest BCUT2D eigenvalue weighted by Gasteiger charge is -2.20. The van der Waals surface area contributed by atoms with Gasteiger partial charge in [-0.2, -0.15) is 0 Å². The maximum atomic E-state index is 13.3. The fraction of sp³-hybridized carbons (Fsp3) is 0.500. The largest absolute Gasteiger partial charge is 0.396 e. The summed E-state index contributed by atoms with van der Waals surface area (Å²) in [5.74, 6) is -1.45. The Morgan fingerprint density at radius 1 is 1.41 bits per heavy atom. The molecule has 0 amide bonds. The molecule has 0 saturated carbocycles. The Morgan fingerprint density at radius 2 is 2.12 bits per heavy atom. The van der Waals surface area contributed by atoms with Gasteiger partial charge in [-0.15, -0.1) is 0 Å². The van der Waals surface area contributed by atoms with Crippen LogP contribution in [0.4, 0.5) is 14.5 Å². The van der Waals surface area contributed by atoms with E-state index in [4.69, 9.17) is 11.5 Å². The first-order chi connectivity index (χ1) is 8.02. The van der Waals surface area contributed by atoms with Crippen LogP contribution >= 0.6 is 0 Å². The van der Waals surface area contributed by atoms with Gasteiger partial charge < -0.3 is 11.5 Å². The van der Waals surface area contributed by atoms with Gasteiger partial charge in [0.25, 0.3) is 0 Å². The zero-order chi connectivity index (χ0) is 12.6. The summed E-state index contributed by atoms with van der Waals surface area (Å²) in [7, 11) is 1.96. The van der Waals surface area contributed by atoms with Crippen LogP contribution in [0.1, 0.15) is 18.0 Å². The van der Waals surface area contributed by atoms with E-state index in [1.807, 2.05) is 7.05 Å². The van der Waals surface area contributed by atoms with Gasteiger partial charge in [0, 0.05) is 12.6 Å². The Morgan fingerprint density at radius 3 is 2.65 bits per heavy atom. The minimum Gasteiger partial charge on any atom is -0.396 e. The van der Waals surface area contributed by atoms with E-state index in [-0.39, 0.29) is 11.7 Å². The highest BCUT2D eigenvalue weighted by atomic mass is 19.2. The molecule has 1 saturated heterocycles. The lowest BCUT2D eigenvalue weighted by Crippen LogP contribution is -2.20. The molecule has 3 nitrogen and oxygen atoms in total. The zero-order valence-electron chi connectivity index (χ0n) is 9.79. The van der Waals surface area contributed by atoms with Crippen molar-refractivity contribution in [3.63, 3.8) is 0 Å². The van der Waals surface area contributed by atoms with Crippen molar-refractivity contribution in [2.75, 3.05) is 25.9 Å². The van der Waals surface area contributed by atoms with Crippen molar-refractivity contribution in [3.8, 4) is 0 Å². The molecule has 0 aliphatic carbocycles. The van der Waals surface area contributed by atoms with Gasteiger partial charge in [-0.3, -0.25) is 4.90 Å². The van der Waals surface area contributed by atoms with Crippen molar-refractivity contribution in [1.82, 2.24) is 4.90 Å². The van der Waals surface area contributed by atoms with E-state index in [0.717, 1.165) is 18.5 Å². The SMILES string of the molecule is CN1CC(CN)CC1c1cc(N)c(F)c(F)c1. The number of halogens is 2. The molecule has 1 fully saturated rings. The molecule has 1 aromatic carbocycles. The molecular weight excluding hydrogens is 224 g/mol. The molecule has 5 heteroatoms. The van der Waals surface area contributed by atoms with Crippen molar-refractivity contribution in [2.24, 2.45) is 11.7 Å². The molecule has 1 heterocycles. The molecule has 1 aromatic rings. The Kier molecular flexibility index (Phi) is 3.31. The topological polar surface area (TPSA) is 55.3 Å². The second-order valence-electron chi connectivity index (χ2n) is 4.70. The second-order valence-corrected chi connectivity index (χ2v) is 4.70. The van der Waals surface area contributed by atoms with Gasteiger partial charge in [0.2, 0.25) is 0 Å². The molecule has 17 heavy (non-hydrogen) atoms. The number of likely N-dealkylation sites (tertiary alicyclic amines) is 1. The van der Waals surface area contributed by atoms with Crippen molar-refractivity contribution in [3.05, 3.63) is 29.3 Å². The highest BCUT2D eigenvalue weighted by Crippen LogP contribution is 2.35. The number of hydrogen-bond donors (Lipinski definition) is 2. The van der Waals surface area contributed by atoms with Crippen LogP contribution in [-0.2, 0) is 0 Å². The molecular formula is C12H17F2N3. The lowest BCUT2D eigenvalue weighted by atomic mass is 9.99. The first-order valence-electron chi connectivity index (χ1n) is 5.67. The van der Waals surface area contributed by atoms with Crippen molar-refractivity contribution >= 4 is 5.69 Å². The smallest absolute Gasteiger partial charge is 0.181 e. The molecule has 0 radical (unpaired) electrons. The summed E-state index contributed by atoms with van der Waals surface area (Å²) in [6.45, 7) is 1.49. The monoisotopic (exact) mass is 241 g/mol. The molecule has 0 aromatic heterocycles. The third kappa shape index (κ3) is 2.25. The van der Waals surface area contributed by atoms with Crippen LogP contribution in [0.3, 0.4) is 0 Å². The molecule has 94 valence electrons. The average Bonchev–Trinajstić information content (AvgIpc) is 2.67. The van der Waals surface area contributed by atoms with Crippen molar-refractivity contribution < 1.29 is 8.78 Å². The van der Waals surface area contributed by atoms with Crippen molar-refractivity contribution in [2.45, 2.75) is 12.5 Å². The van der Waals surface area contributed by atoms with Gasteiger partial charge in [-0.1, -0.05) is 0 Å². The normalized spacial score (nSPS) is 25.4. The maximum Gasteiger partial charge on any atom is 0.181 e. The van der Waals surface area contributed by atoms with Crippen LogP contribution in [0.5, 0.6) is 0 Å². The Hall–Kier alpha value is -1.20. The fourth-order valence-electron chi connectivity index (χ4n) is 2.49. The quantitative estimate of drug-likeness (QED) is 0.771. The summed E-state index contributed by atoms with van der Waals surface area (Å²) in [5, 5.41) is 0. The lowest BCUT2D eigenvalue weighted by molar-refractivity contribution is 0.312. The van der Waals surface area contributed by atoms with Crippen LogP contribution in [0.15, 0.2) is 12.1 Å². The maximum absolute atomic E-state index is 13.3. The first kappa shape index (κ1) is 12.3. The number of hydrogen-bond acceptors (Lipinski definition) is 3. The van der Waals surface area contributed by atoms with Crippen molar-refractivity contribution in [1.29, 1.82) is 0 Å². The van der Waals surface area contributed by atoms with Crippen LogP contribution in [0.2, 0.25) is 0 Å². The third-order valence-electron chi connectivity index (χ3n) is 3.43. The van der Waals surface area contributed by atoms with Gasteiger partial charge in [-0.25, -0.2) is 8.78 Å². The number of nitrogen functional groups attached to an aromatic ring is 1. The van der Waals surface area contributed by atoms with E-state index < -0.39 is 11.6 Å². The van der Waals surface area contributed by atoms with E-state index in [2.05, 4.69) is 4.90 Å². The standard InChI is InChI=1S/C12H17F2N3/c1-17-6-7(5-15)2-11(17)8-3-9(13)12(14)10(16)4-8/h3-4,7,11H,2,5-6,15-16H2,1H3. The molecule has 2 rings (SSSR count). The van der Waals surface area contributed by atoms with Crippen LogP contribution < -0.4 is 11.5 Å². The Labute approximate surface area is 99.4 Å². The molecule has 0 spiro atoms. The van der Waals surface area contributed by atoms with E-state index >= 15 is 0 Å². The number of rotatable bonds is 2. The molecule has 2 unspecified atom stereocenters. The molecule has 1 aliphatic heterocycles. The summed E-state index contributed by atoms with van der Waals surface area (Å²) in [5.41, 5.74) is 11.7. The zero-order valence-corrected chi connectivity index (χ0v) is 9.79. The van der Waals surface area contributed by atoms with E-state index in [9.17, 15) is 8.78 Å². The van der Waals surface area contributed by atoms with Gasteiger partial charge in [0.15, 0.2) is 11.6 Å². The number of nitrogens with two attached hydrogens (primary N) is 2. The van der Waals surface area contributed by atoms with Gasteiger partial charge in [0.1, 0.15) is 0 Å². The molecule has 2 atom stereocenters. The van der Waals surface area contributed by atoms with Gasteiger partial charge >= 0.3 is 0 Å². The highest BCUT2D eigenvalue weighted by molar-refractivity contribution is 5.44. The highest BCUT2D eigenvalue weighted by Gasteiger charge is 2.30. The van der Waals surface area contributed by atoms with Crippen LogP contribution in [0, 0.1) is 17.6 Å². The van der Waals surface area contributed by atoms with Crippen LogP contribution in [0.25, 0.3) is 0 Å². The summed E-state index contributed by atoms with van der Waals surface area (Å²) < 4.78 is 26.4. The predicted molar refractivity (Wildman–Crippen MR) is 63.3 cm³/mol. The average molecular weight is 241 g/mol. The second kappa shape index (κ2) is 4.58. The minimum atomic E-state index is -0.968. The molecule has 1 aliphatic rings.